The van der Waals surface area contributed by atoms with Gasteiger partial charge in [-0.05, 0) is 26.2 Å². The molecule has 0 aromatic heterocycles. The van der Waals surface area contributed by atoms with E-state index in [0.717, 1.165) is 0 Å². The van der Waals surface area contributed by atoms with Crippen molar-refractivity contribution in [3.05, 3.63) is 118 Å². The molecule has 1 aliphatic rings. The van der Waals surface area contributed by atoms with E-state index in [9.17, 15) is 52.7 Å². The third-order valence-electron chi connectivity index (χ3n) is 8.68. The van der Waals surface area contributed by atoms with E-state index in [0.29, 0.717) is 0 Å². The van der Waals surface area contributed by atoms with Gasteiger partial charge in [0.2, 0.25) is 0 Å². The van der Waals surface area contributed by atoms with Crippen LogP contribution >= 0.6 is 0 Å². The number of quaternary nitrogens is 1. The summed E-state index contributed by atoms with van der Waals surface area (Å²) in [4.78, 5) is 0. The SMILES string of the molecule is CC[N+]1(C)CCCCC1.Fc1cc([B-](c2cc(F)c(F)c(F)c2)(c2cc(F)c(F)c(F)c2)c2cc(F)c(F)c(F)c2)cc(F)c1F. The zero-order valence-corrected chi connectivity index (χ0v) is 24.4. The molecular formula is C32H26BF12N. The number of nitrogens with zero attached hydrogens (tertiary/aromatic N) is 1. The van der Waals surface area contributed by atoms with Gasteiger partial charge in [-0.2, -0.15) is 21.9 Å². The van der Waals surface area contributed by atoms with Crippen LogP contribution in [0.15, 0.2) is 48.5 Å². The van der Waals surface area contributed by atoms with Crippen molar-refractivity contribution in [2.75, 3.05) is 26.7 Å². The average Bonchev–Trinajstić information content (AvgIpc) is 3.01. The highest BCUT2D eigenvalue weighted by Crippen LogP contribution is 2.21. The molecule has 1 nitrogen and oxygen atoms in total. The normalized spacial score (nSPS) is 14.6. The van der Waals surface area contributed by atoms with Gasteiger partial charge in [0.05, 0.1) is 26.7 Å². The molecule has 4 aromatic rings. The van der Waals surface area contributed by atoms with E-state index in [1.54, 1.807) is 0 Å². The summed E-state index contributed by atoms with van der Waals surface area (Å²) >= 11 is 0. The van der Waals surface area contributed by atoms with E-state index >= 15 is 0 Å². The molecule has 1 saturated heterocycles. The summed E-state index contributed by atoms with van der Waals surface area (Å²) in [6, 6.07) is 1.41. The standard InChI is InChI=1S/C24H8BF12.C8H18N/c26-13-1-9(2-14(27)21(13)34)25(10-3-15(28)22(35)16(29)4-10,11-5-17(30)23(36)18(31)6-11)12-7-19(32)24(37)20(33)8-12;1-3-9(2)7-5-4-6-8-9/h1-8H;3-8H2,1-2H3/q-1;+1. The first-order chi connectivity index (χ1) is 21.5. The Hall–Kier alpha value is -3.94. The largest absolute Gasteiger partial charge is 0.326 e. The summed E-state index contributed by atoms with van der Waals surface area (Å²) in [7, 11) is 2.37. The Bertz CT molecular complexity index is 1440. The Morgan fingerprint density at radius 2 is 0.652 bits per heavy atom. The number of benzene rings is 4. The number of halogens is 12. The van der Waals surface area contributed by atoms with Crippen LogP contribution in [0, 0.1) is 69.8 Å². The zero-order chi connectivity index (χ0) is 34.1. The van der Waals surface area contributed by atoms with Crippen molar-refractivity contribution in [1.29, 1.82) is 0 Å². The molecule has 0 atom stereocenters. The summed E-state index contributed by atoms with van der Waals surface area (Å²) in [6.07, 6.45) is 0.350. The maximum Gasteiger partial charge on any atom is 0.194 e. The van der Waals surface area contributed by atoms with Crippen molar-refractivity contribution >= 4 is 28.0 Å². The topological polar surface area (TPSA) is 0 Å². The number of hydrogen-bond acceptors (Lipinski definition) is 0. The molecule has 4 aromatic carbocycles. The van der Waals surface area contributed by atoms with Gasteiger partial charge in [0.15, 0.2) is 69.8 Å². The summed E-state index contributed by atoms with van der Waals surface area (Å²) < 4.78 is 171. The third kappa shape index (κ3) is 6.49. The first-order valence-electron chi connectivity index (χ1n) is 14.1. The van der Waals surface area contributed by atoms with Crippen LogP contribution in [0.3, 0.4) is 0 Å². The molecule has 5 rings (SSSR count). The highest BCUT2D eigenvalue weighted by Gasteiger charge is 2.37. The van der Waals surface area contributed by atoms with Crippen molar-refractivity contribution < 1.29 is 57.2 Å². The number of hydrogen-bond donors (Lipinski definition) is 0. The van der Waals surface area contributed by atoms with Crippen molar-refractivity contribution in [1.82, 2.24) is 0 Å². The van der Waals surface area contributed by atoms with E-state index in [2.05, 4.69) is 14.0 Å². The second kappa shape index (κ2) is 13.4. The van der Waals surface area contributed by atoms with E-state index < -0.39 is 97.8 Å². The minimum Gasteiger partial charge on any atom is -0.326 e. The van der Waals surface area contributed by atoms with E-state index in [4.69, 9.17) is 0 Å². The minimum absolute atomic E-state index is 0.177. The van der Waals surface area contributed by atoms with Gasteiger partial charge in [-0.3, -0.25) is 0 Å². The molecule has 14 heteroatoms. The maximum absolute atomic E-state index is 14.4. The fourth-order valence-electron chi connectivity index (χ4n) is 6.05. The molecule has 0 aliphatic carbocycles. The Labute approximate surface area is 256 Å². The molecule has 1 fully saturated rings. The maximum atomic E-state index is 14.4. The quantitative estimate of drug-likeness (QED) is 0.101. The molecule has 246 valence electrons. The van der Waals surface area contributed by atoms with Gasteiger partial charge in [0, 0.05) is 0 Å². The monoisotopic (exact) mass is 663 g/mol. The fourth-order valence-corrected chi connectivity index (χ4v) is 6.05. The summed E-state index contributed by atoms with van der Waals surface area (Å²) in [6.45, 7) is 6.44. The van der Waals surface area contributed by atoms with Crippen molar-refractivity contribution in [2.24, 2.45) is 0 Å². The molecule has 0 N–H and O–H groups in total. The Kier molecular flexibility index (Phi) is 10.2. The highest BCUT2D eigenvalue weighted by molar-refractivity contribution is 7.19. The van der Waals surface area contributed by atoms with Crippen molar-refractivity contribution in [2.45, 2.75) is 26.2 Å². The molecule has 0 bridgehead atoms. The lowest BCUT2D eigenvalue weighted by Crippen LogP contribution is -2.75. The van der Waals surface area contributed by atoms with Gasteiger partial charge in [0.25, 0.3) is 0 Å². The number of rotatable bonds is 5. The van der Waals surface area contributed by atoms with Crippen LogP contribution in [-0.2, 0) is 0 Å². The van der Waals surface area contributed by atoms with E-state index in [1.165, 1.54) is 43.4 Å². The molecule has 0 unspecified atom stereocenters. The Morgan fingerprint density at radius 3 is 0.826 bits per heavy atom. The van der Waals surface area contributed by atoms with Crippen LogP contribution in [0.2, 0.25) is 0 Å². The lowest BCUT2D eigenvalue weighted by Gasteiger charge is -2.44. The molecule has 1 heterocycles. The van der Waals surface area contributed by atoms with Crippen LogP contribution < -0.4 is 21.9 Å². The summed E-state index contributed by atoms with van der Waals surface area (Å²) in [5, 5.41) is 0. The molecule has 0 spiro atoms. The van der Waals surface area contributed by atoms with Gasteiger partial charge in [-0.25, -0.2) is 52.7 Å². The third-order valence-corrected chi connectivity index (χ3v) is 8.68. The first kappa shape index (κ1) is 34.9. The van der Waals surface area contributed by atoms with Gasteiger partial charge in [-0.1, -0.05) is 48.5 Å². The average molecular weight is 663 g/mol. The Morgan fingerprint density at radius 1 is 0.435 bits per heavy atom. The molecule has 1 aliphatic heterocycles. The van der Waals surface area contributed by atoms with Gasteiger partial charge >= 0.3 is 0 Å². The van der Waals surface area contributed by atoms with Crippen LogP contribution in [0.4, 0.5) is 52.7 Å². The fraction of sp³-hybridized carbons (Fsp3) is 0.250. The molecule has 0 saturated carbocycles. The zero-order valence-electron chi connectivity index (χ0n) is 24.4. The van der Waals surface area contributed by atoms with Crippen molar-refractivity contribution in [3.63, 3.8) is 0 Å². The van der Waals surface area contributed by atoms with Gasteiger partial charge in [-0.15, -0.1) is 0 Å². The van der Waals surface area contributed by atoms with Gasteiger partial charge < -0.3 is 4.48 Å². The van der Waals surface area contributed by atoms with Crippen molar-refractivity contribution in [3.8, 4) is 0 Å². The van der Waals surface area contributed by atoms with Crippen LogP contribution in [0.25, 0.3) is 0 Å². The van der Waals surface area contributed by atoms with Crippen LogP contribution in [0.5, 0.6) is 0 Å². The second-order valence-corrected chi connectivity index (χ2v) is 11.5. The minimum atomic E-state index is -4.01. The lowest BCUT2D eigenvalue weighted by atomic mass is 9.13. The molecular weight excluding hydrogens is 637 g/mol. The predicted molar refractivity (Wildman–Crippen MR) is 150 cm³/mol. The predicted octanol–water partition coefficient (Wildman–Crippen LogP) is 6.37. The Balaban J connectivity index is 0.000000459. The van der Waals surface area contributed by atoms with Crippen LogP contribution in [0.1, 0.15) is 26.2 Å². The second-order valence-electron chi connectivity index (χ2n) is 11.5. The lowest BCUT2D eigenvalue weighted by molar-refractivity contribution is -0.912. The van der Waals surface area contributed by atoms with E-state index in [-0.39, 0.29) is 48.5 Å². The van der Waals surface area contributed by atoms with Crippen LogP contribution in [-0.4, -0.2) is 37.3 Å². The van der Waals surface area contributed by atoms with E-state index in [1.807, 2.05) is 0 Å². The number of piperidine rings is 1. The van der Waals surface area contributed by atoms with Gasteiger partial charge in [0.1, 0.15) is 6.15 Å². The molecule has 0 amide bonds. The molecule has 0 radical (unpaired) electrons. The summed E-state index contributed by atoms with van der Waals surface area (Å²) in [5.41, 5.74) is -3.79. The smallest absolute Gasteiger partial charge is 0.194 e. The summed E-state index contributed by atoms with van der Waals surface area (Å²) in [5.74, 6) is -24.0. The highest BCUT2D eigenvalue weighted by atomic mass is 19.2. The first-order valence-corrected chi connectivity index (χ1v) is 14.1. The molecule has 46 heavy (non-hydrogen) atoms. The number of likely N-dealkylation sites (tertiary alicyclic amines) is 1.